The molecule has 12 aromatic carbocycles. The first-order valence-electron chi connectivity index (χ1n) is 39.6. The SMILES string of the molecule is C(=C\c1cc(/C=C/c2ccccc2)cc(C23CC4CC(C2)CC(C25CC6(c7cc(/C=C/c8ccccc8)cc(/C=C/c8ccccc8)c7)CC(c7cc(/C=C/c8ccccc8)cc(/C=C/c8ccccc8)c7)(CC(c7cc(/C=C/c8ccccc8)cc(/C=C/c8ccccc8)c7)(C6)C2)C5)(C4)C3)c1)/c1ccccc1. The van der Waals surface area contributed by atoms with Crippen LogP contribution in [0.15, 0.2) is 315 Å². The van der Waals surface area contributed by atoms with Crippen LogP contribution in [0.25, 0.3) is 97.2 Å². The number of benzene rings is 12. The molecule has 0 nitrogen and oxygen atoms in total. The molecule has 526 valence electrons. The van der Waals surface area contributed by atoms with Crippen LogP contribution in [0.3, 0.4) is 0 Å². The van der Waals surface area contributed by atoms with Crippen LogP contribution < -0.4 is 0 Å². The third-order valence-corrected chi connectivity index (χ3v) is 25.7. The molecule has 8 aliphatic rings. The third kappa shape index (κ3) is 14.4. The highest BCUT2D eigenvalue weighted by Gasteiger charge is 2.76. The van der Waals surface area contributed by atoms with Gasteiger partial charge in [-0.15, -0.1) is 0 Å². The maximum atomic E-state index is 2.68. The Hall–Kier alpha value is -11.4. The van der Waals surface area contributed by atoms with Crippen molar-refractivity contribution in [2.75, 3.05) is 0 Å². The Morgan fingerprint density at radius 3 is 0.546 bits per heavy atom. The first kappa shape index (κ1) is 68.4. The summed E-state index contributed by atoms with van der Waals surface area (Å²) >= 11 is 0. The number of hydrogen-bond acceptors (Lipinski definition) is 0. The lowest BCUT2D eigenvalue weighted by molar-refractivity contribution is -0.225. The zero-order valence-electron chi connectivity index (χ0n) is 61.9. The van der Waals surface area contributed by atoms with Gasteiger partial charge in [-0.25, -0.2) is 0 Å². The Labute approximate surface area is 641 Å². The topological polar surface area (TPSA) is 0 Å². The fourth-order valence-corrected chi connectivity index (χ4v) is 22.1. The van der Waals surface area contributed by atoms with Crippen molar-refractivity contribution in [3.63, 3.8) is 0 Å². The quantitative estimate of drug-likeness (QED) is 0.0629. The van der Waals surface area contributed by atoms with Crippen LogP contribution in [-0.2, 0) is 21.7 Å². The van der Waals surface area contributed by atoms with Crippen molar-refractivity contribution in [1.82, 2.24) is 0 Å². The van der Waals surface area contributed by atoms with E-state index in [1.165, 1.54) is 163 Å². The van der Waals surface area contributed by atoms with E-state index in [1.54, 1.807) is 5.56 Å². The summed E-state index contributed by atoms with van der Waals surface area (Å²) in [5, 5.41) is 0. The van der Waals surface area contributed by atoms with E-state index < -0.39 is 0 Å². The van der Waals surface area contributed by atoms with Gasteiger partial charge in [0.05, 0.1) is 0 Å². The lowest BCUT2D eigenvalue weighted by atomic mass is 9.26. The first-order valence-corrected chi connectivity index (χ1v) is 39.6. The Morgan fingerprint density at radius 1 is 0.167 bits per heavy atom. The minimum absolute atomic E-state index is 0.0134. The van der Waals surface area contributed by atoms with Gasteiger partial charge in [0.15, 0.2) is 0 Å². The van der Waals surface area contributed by atoms with Crippen LogP contribution in [0.2, 0.25) is 0 Å². The van der Waals surface area contributed by atoms with Gasteiger partial charge in [-0.1, -0.05) is 388 Å². The molecule has 2 unspecified atom stereocenters. The highest BCUT2D eigenvalue weighted by molar-refractivity contribution is 5.81. The molecule has 8 saturated carbocycles. The summed E-state index contributed by atoms with van der Waals surface area (Å²) in [6.45, 7) is 0. The summed E-state index contributed by atoms with van der Waals surface area (Å²) in [7, 11) is 0. The van der Waals surface area contributed by atoms with E-state index in [4.69, 9.17) is 0 Å². The van der Waals surface area contributed by atoms with Crippen molar-refractivity contribution in [2.24, 2.45) is 22.7 Å². The molecule has 8 fully saturated rings. The van der Waals surface area contributed by atoms with Gasteiger partial charge < -0.3 is 0 Å². The van der Waals surface area contributed by atoms with E-state index in [0.717, 1.165) is 19.3 Å². The molecule has 0 aromatic heterocycles. The predicted octanol–water partition coefficient (Wildman–Crippen LogP) is 28.1. The molecule has 0 radical (unpaired) electrons. The number of hydrogen-bond donors (Lipinski definition) is 0. The van der Waals surface area contributed by atoms with Gasteiger partial charge in [0.2, 0.25) is 0 Å². The molecule has 108 heavy (non-hydrogen) atoms. The van der Waals surface area contributed by atoms with Crippen LogP contribution >= 0.6 is 0 Å². The third-order valence-electron chi connectivity index (χ3n) is 25.7. The van der Waals surface area contributed by atoms with Gasteiger partial charge >= 0.3 is 0 Å². The van der Waals surface area contributed by atoms with Crippen molar-refractivity contribution in [3.8, 4) is 0 Å². The summed E-state index contributed by atoms with van der Waals surface area (Å²) in [6, 6.07) is 119. The van der Waals surface area contributed by atoms with E-state index in [2.05, 4.69) is 413 Å². The molecule has 2 atom stereocenters. The maximum Gasteiger partial charge on any atom is -0.00241 e. The molecular weight excluding hydrogens is 1300 g/mol. The highest BCUT2D eigenvalue weighted by Crippen LogP contribution is 2.83. The Balaban J connectivity index is 0.889. The second kappa shape index (κ2) is 29.4. The smallest absolute Gasteiger partial charge is 0.00241 e. The average molecular weight is 1390 g/mol. The van der Waals surface area contributed by atoms with E-state index >= 15 is 0 Å². The Kier molecular flexibility index (Phi) is 18.6. The molecular formula is C108H94. The molecule has 0 spiro atoms. The molecule has 0 saturated heterocycles. The molecule has 0 heterocycles. The molecule has 20 rings (SSSR count). The average Bonchev–Trinajstić information content (AvgIpc) is 0.649. The zero-order chi connectivity index (χ0) is 72.3. The minimum Gasteiger partial charge on any atom is -0.0622 e. The molecule has 0 N–H and O–H groups in total. The maximum absolute atomic E-state index is 2.68. The first-order chi connectivity index (χ1) is 53.1. The lowest BCUT2D eigenvalue weighted by Gasteiger charge is -2.78. The second-order valence-corrected chi connectivity index (χ2v) is 33.2. The fraction of sp³-hybridized carbons (Fsp3) is 0.185. The van der Waals surface area contributed by atoms with Gasteiger partial charge in [0, 0.05) is 0 Å². The van der Waals surface area contributed by atoms with Gasteiger partial charge in [0.1, 0.15) is 0 Å². The van der Waals surface area contributed by atoms with E-state index in [0.29, 0.717) is 11.8 Å². The van der Waals surface area contributed by atoms with Gasteiger partial charge in [0.25, 0.3) is 0 Å². The molecule has 0 aliphatic heterocycles. The summed E-state index contributed by atoms with van der Waals surface area (Å²) < 4.78 is 0. The van der Waals surface area contributed by atoms with E-state index in [1.807, 2.05) is 0 Å². The minimum atomic E-state index is -0.236. The van der Waals surface area contributed by atoms with Crippen LogP contribution in [0.4, 0.5) is 0 Å². The van der Waals surface area contributed by atoms with Crippen molar-refractivity contribution in [1.29, 1.82) is 0 Å². The van der Waals surface area contributed by atoms with Crippen LogP contribution in [0.5, 0.6) is 0 Å². The summed E-state index contributed by atoms with van der Waals surface area (Å²) in [5.74, 6) is 1.27. The van der Waals surface area contributed by atoms with Gasteiger partial charge in [-0.05, 0) is 257 Å². The Bertz CT molecular complexity index is 4750. The lowest BCUT2D eigenvalue weighted by Crippen LogP contribution is -2.72. The largest absolute Gasteiger partial charge is 0.0622 e. The zero-order valence-corrected chi connectivity index (χ0v) is 61.9. The van der Waals surface area contributed by atoms with Crippen molar-refractivity contribution < 1.29 is 0 Å². The van der Waals surface area contributed by atoms with Crippen LogP contribution in [0.1, 0.15) is 188 Å². The number of rotatable bonds is 21. The second-order valence-electron chi connectivity index (χ2n) is 33.2. The summed E-state index contributed by atoms with van der Waals surface area (Å²) in [4.78, 5) is 0. The van der Waals surface area contributed by atoms with Crippen molar-refractivity contribution in [2.45, 2.75) is 98.7 Å². The van der Waals surface area contributed by atoms with Crippen LogP contribution in [0, 0.1) is 22.7 Å². The standard InChI is InChI=1S/C108H94/c1-9-25-81(26-10-1)41-49-89-57-90(50-42-82-27-11-2-12-28-82)63-99(62-89)103-70-97-61-98(71-103)73-107(72-97,77-103)108-78-104(100-64-91(51-43-83-29-13-3-14-30-83)58-92(65-100)52-44-84-31-15-4-16-32-84)74-105(79-108,101-66-93(53-45-85-33-17-5-18-34-85)59-94(67-101)54-46-86-35-19-6-20-36-86)76-106(75-104,80-108)102-68-95(55-47-87-37-21-7-22-38-87)60-96(69-102)56-48-88-39-23-8-24-40-88/h1-60,62-69,97-98H,61,70-80H2/b49-41+,50-42+,51-43+,52-44+,53-45+,54-46+,55-47+,56-48+. The summed E-state index contributed by atoms with van der Waals surface area (Å²) in [6.07, 6.45) is 52.4. The Morgan fingerprint density at radius 2 is 0.343 bits per heavy atom. The molecule has 12 aromatic rings. The predicted molar refractivity (Wildman–Crippen MR) is 463 cm³/mol. The molecule has 0 heteroatoms. The van der Waals surface area contributed by atoms with Gasteiger partial charge in [-0.2, -0.15) is 0 Å². The highest BCUT2D eigenvalue weighted by atomic mass is 14.8. The fourth-order valence-electron chi connectivity index (χ4n) is 22.1. The van der Waals surface area contributed by atoms with Crippen molar-refractivity contribution in [3.05, 3.63) is 427 Å². The molecule has 8 aliphatic carbocycles. The van der Waals surface area contributed by atoms with Crippen molar-refractivity contribution >= 4 is 97.2 Å². The molecule has 0 amide bonds. The van der Waals surface area contributed by atoms with E-state index in [-0.39, 0.29) is 32.5 Å². The van der Waals surface area contributed by atoms with Gasteiger partial charge in [-0.3, -0.25) is 0 Å². The van der Waals surface area contributed by atoms with Crippen LogP contribution in [-0.4, -0.2) is 0 Å². The summed E-state index contributed by atoms with van der Waals surface area (Å²) in [5.41, 5.74) is 25.2. The normalized spacial score (nSPS) is 24.9. The monoisotopic (exact) mass is 1390 g/mol. The van der Waals surface area contributed by atoms with E-state index in [9.17, 15) is 0 Å². The molecule has 8 bridgehead atoms.